The van der Waals surface area contributed by atoms with Crippen LogP contribution in [-0.4, -0.2) is 25.7 Å². The number of aromatic nitrogens is 4. The van der Waals surface area contributed by atoms with Gasteiger partial charge in [0.15, 0.2) is 5.65 Å². The molecule has 0 saturated heterocycles. The lowest BCUT2D eigenvalue weighted by Crippen LogP contribution is -2.24. The summed E-state index contributed by atoms with van der Waals surface area (Å²) in [7, 11) is 0. The number of nitrogens with zero attached hydrogens (tertiary/aromatic N) is 4. The fraction of sp³-hybridized carbons (Fsp3) is 0.100. The zero-order chi connectivity index (χ0) is 21.3. The number of halogens is 4. The second kappa shape index (κ2) is 7.54. The van der Waals surface area contributed by atoms with Crippen molar-refractivity contribution in [2.75, 3.05) is 0 Å². The van der Waals surface area contributed by atoms with Crippen molar-refractivity contribution in [1.29, 1.82) is 0 Å². The van der Waals surface area contributed by atoms with E-state index in [1.807, 2.05) is 0 Å². The van der Waals surface area contributed by atoms with Gasteiger partial charge in [-0.3, -0.25) is 4.79 Å². The van der Waals surface area contributed by atoms with Gasteiger partial charge in [0.1, 0.15) is 17.8 Å². The van der Waals surface area contributed by atoms with Crippen LogP contribution in [0.5, 0.6) is 0 Å². The van der Waals surface area contributed by atoms with Gasteiger partial charge in [-0.25, -0.2) is 19.0 Å². The molecule has 4 rings (SSSR count). The van der Waals surface area contributed by atoms with Crippen molar-refractivity contribution in [3.63, 3.8) is 0 Å². The Kier molecular flexibility index (Phi) is 4.90. The first kappa shape index (κ1) is 19.5. The predicted octanol–water partition coefficient (Wildman–Crippen LogP) is 3.90. The highest BCUT2D eigenvalue weighted by Crippen LogP contribution is 2.29. The van der Waals surface area contributed by atoms with E-state index in [4.69, 9.17) is 0 Å². The summed E-state index contributed by atoms with van der Waals surface area (Å²) >= 11 is 0. The lowest BCUT2D eigenvalue weighted by atomic mass is 10.1. The van der Waals surface area contributed by atoms with Gasteiger partial charge in [-0.1, -0.05) is 12.1 Å². The minimum atomic E-state index is -4.46. The predicted molar refractivity (Wildman–Crippen MR) is 99.2 cm³/mol. The summed E-state index contributed by atoms with van der Waals surface area (Å²) in [5, 5.41) is 7.09. The molecule has 0 unspecified atom stereocenters. The van der Waals surface area contributed by atoms with Crippen LogP contribution >= 0.6 is 0 Å². The summed E-state index contributed by atoms with van der Waals surface area (Å²) in [5.74, 6) is -0.988. The smallest absolute Gasteiger partial charge is 0.347 e. The highest BCUT2D eigenvalue weighted by Gasteiger charge is 2.30. The monoisotopic (exact) mass is 415 g/mol. The molecule has 30 heavy (non-hydrogen) atoms. The van der Waals surface area contributed by atoms with Crippen LogP contribution in [0.15, 0.2) is 61.1 Å². The van der Waals surface area contributed by atoms with E-state index in [0.29, 0.717) is 22.3 Å². The van der Waals surface area contributed by atoms with Gasteiger partial charge in [0.05, 0.1) is 22.8 Å². The molecular weight excluding hydrogens is 402 g/mol. The van der Waals surface area contributed by atoms with Crippen molar-refractivity contribution in [3.05, 3.63) is 83.7 Å². The van der Waals surface area contributed by atoms with Crippen LogP contribution in [0.1, 0.15) is 21.6 Å². The van der Waals surface area contributed by atoms with Gasteiger partial charge in [-0.2, -0.15) is 18.3 Å². The number of benzene rings is 2. The number of rotatable bonds is 4. The van der Waals surface area contributed by atoms with Crippen molar-refractivity contribution < 1.29 is 22.4 Å². The molecule has 0 atom stereocenters. The summed E-state index contributed by atoms with van der Waals surface area (Å²) < 4.78 is 53.1. The minimum Gasteiger partial charge on any atom is -0.347 e. The molecular formula is C20H13F4N5O. The Morgan fingerprint density at radius 2 is 1.83 bits per heavy atom. The largest absolute Gasteiger partial charge is 0.416 e. The van der Waals surface area contributed by atoms with E-state index < -0.39 is 23.5 Å². The molecule has 2 heterocycles. The van der Waals surface area contributed by atoms with Crippen LogP contribution in [0.4, 0.5) is 17.6 Å². The SMILES string of the molecule is O=C(NCc1cccc(C(F)(F)F)c1)c1ncnc2c1cnn2-c1ccc(F)cc1. The Balaban J connectivity index is 1.58. The number of fused-ring (bicyclic) bond motifs is 1. The lowest BCUT2D eigenvalue weighted by Gasteiger charge is -2.10. The molecule has 0 aliphatic rings. The van der Waals surface area contributed by atoms with Gasteiger partial charge < -0.3 is 5.32 Å². The first-order valence-electron chi connectivity index (χ1n) is 8.72. The summed E-state index contributed by atoms with van der Waals surface area (Å²) in [6.45, 7) is -0.111. The van der Waals surface area contributed by atoms with Gasteiger partial charge in [-0.15, -0.1) is 0 Å². The summed E-state index contributed by atoms with van der Waals surface area (Å²) in [4.78, 5) is 20.7. The Bertz CT molecular complexity index is 1220. The first-order valence-corrected chi connectivity index (χ1v) is 8.72. The second-order valence-electron chi connectivity index (χ2n) is 6.37. The number of nitrogens with one attached hydrogen (secondary N) is 1. The zero-order valence-corrected chi connectivity index (χ0v) is 15.2. The maximum atomic E-state index is 13.2. The molecule has 2 aromatic heterocycles. The second-order valence-corrected chi connectivity index (χ2v) is 6.37. The zero-order valence-electron chi connectivity index (χ0n) is 15.2. The Morgan fingerprint density at radius 3 is 2.57 bits per heavy atom. The Morgan fingerprint density at radius 1 is 1.07 bits per heavy atom. The van der Waals surface area contributed by atoms with Crippen LogP contribution in [-0.2, 0) is 12.7 Å². The fourth-order valence-corrected chi connectivity index (χ4v) is 2.92. The molecule has 0 radical (unpaired) electrons. The molecule has 1 N–H and O–H groups in total. The van der Waals surface area contributed by atoms with E-state index in [-0.39, 0.29) is 12.2 Å². The maximum absolute atomic E-state index is 13.2. The molecule has 1 amide bonds. The normalized spacial score (nSPS) is 11.6. The topological polar surface area (TPSA) is 72.7 Å². The fourth-order valence-electron chi connectivity index (χ4n) is 2.92. The first-order chi connectivity index (χ1) is 14.3. The van der Waals surface area contributed by atoms with E-state index in [9.17, 15) is 22.4 Å². The minimum absolute atomic E-state index is 0.0281. The van der Waals surface area contributed by atoms with Crippen LogP contribution in [0, 0.1) is 5.82 Å². The highest BCUT2D eigenvalue weighted by molar-refractivity contribution is 6.03. The van der Waals surface area contributed by atoms with Crippen LogP contribution in [0.2, 0.25) is 0 Å². The van der Waals surface area contributed by atoms with Crippen molar-refractivity contribution >= 4 is 16.9 Å². The van der Waals surface area contributed by atoms with Gasteiger partial charge in [0, 0.05) is 6.54 Å². The Labute approximate surface area is 167 Å². The maximum Gasteiger partial charge on any atom is 0.416 e. The molecule has 0 aliphatic heterocycles. The number of carbonyl (C=O) groups excluding carboxylic acids is 1. The molecule has 0 aliphatic carbocycles. The molecule has 0 bridgehead atoms. The van der Waals surface area contributed by atoms with E-state index in [0.717, 1.165) is 12.1 Å². The third-order valence-corrected chi connectivity index (χ3v) is 4.36. The third-order valence-electron chi connectivity index (χ3n) is 4.36. The molecule has 0 spiro atoms. The van der Waals surface area contributed by atoms with E-state index >= 15 is 0 Å². The van der Waals surface area contributed by atoms with Crippen LogP contribution < -0.4 is 5.32 Å². The highest BCUT2D eigenvalue weighted by atomic mass is 19.4. The molecule has 2 aromatic carbocycles. The Hall–Kier alpha value is -3.82. The number of alkyl halides is 3. The summed E-state index contributed by atoms with van der Waals surface area (Å²) in [6.07, 6.45) is -1.88. The molecule has 0 saturated carbocycles. The van der Waals surface area contributed by atoms with Gasteiger partial charge in [0.25, 0.3) is 5.91 Å². The van der Waals surface area contributed by atoms with Gasteiger partial charge in [0.2, 0.25) is 0 Å². The molecule has 4 aromatic rings. The van der Waals surface area contributed by atoms with Crippen LogP contribution in [0.25, 0.3) is 16.7 Å². The van der Waals surface area contributed by atoms with E-state index in [1.165, 1.54) is 53.6 Å². The van der Waals surface area contributed by atoms with Gasteiger partial charge >= 0.3 is 6.18 Å². The number of hydrogen-bond donors (Lipinski definition) is 1. The van der Waals surface area contributed by atoms with Crippen molar-refractivity contribution in [2.24, 2.45) is 0 Å². The van der Waals surface area contributed by atoms with E-state index in [1.54, 1.807) is 0 Å². The lowest BCUT2D eigenvalue weighted by molar-refractivity contribution is -0.137. The van der Waals surface area contributed by atoms with Crippen molar-refractivity contribution in [1.82, 2.24) is 25.1 Å². The third kappa shape index (κ3) is 3.84. The molecule has 10 heteroatoms. The summed E-state index contributed by atoms with van der Waals surface area (Å²) in [5.41, 5.74) is 0.409. The summed E-state index contributed by atoms with van der Waals surface area (Å²) in [6, 6.07) is 10.3. The molecule has 152 valence electrons. The number of carbonyl (C=O) groups is 1. The molecule has 6 nitrogen and oxygen atoms in total. The standard InChI is InChI=1S/C20H13F4N5O/c21-14-4-6-15(7-5-14)29-18-16(10-28-29)17(26-11-27-18)19(30)25-9-12-2-1-3-13(8-12)20(22,23)24/h1-8,10-11H,9H2,(H,25,30). The van der Waals surface area contributed by atoms with Crippen molar-refractivity contribution in [3.8, 4) is 5.69 Å². The van der Waals surface area contributed by atoms with Crippen LogP contribution in [0.3, 0.4) is 0 Å². The average Bonchev–Trinajstić information content (AvgIpc) is 3.16. The van der Waals surface area contributed by atoms with Gasteiger partial charge in [-0.05, 0) is 42.0 Å². The number of amides is 1. The van der Waals surface area contributed by atoms with Crippen molar-refractivity contribution in [2.45, 2.75) is 12.7 Å². The molecule has 0 fully saturated rings. The quantitative estimate of drug-likeness (QED) is 0.513. The average molecular weight is 415 g/mol. The van der Waals surface area contributed by atoms with E-state index in [2.05, 4.69) is 20.4 Å². The number of hydrogen-bond acceptors (Lipinski definition) is 4.